The number of hydrogen-bond donors (Lipinski definition) is 3. The van der Waals surface area contributed by atoms with E-state index in [9.17, 15) is 0 Å². The summed E-state index contributed by atoms with van der Waals surface area (Å²) in [5.41, 5.74) is 5.35. The van der Waals surface area contributed by atoms with Gasteiger partial charge >= 0.3 is 0 Å². The van der Waals surface area contributed by atoms with E-state index >= 15 is 0 Å². The van der Waals surface area contributed by atoms with Gasteiger partial charge < -0.3 is 21.0 Å². The number of nitrogens with two attached hydrogens (primary N) is 1. The van der Waals surface area contributed by atoms with Gasteiger partial charge in [0.25, 0.3) is 0 Å². The monoisotopic (exact) mass is 229 g/mol. The lowest BCUT2D eigenvalue weighted by Crippen LogP contribution is -2.39. The van der Waals surface area contributed by atoms with Gasteiger partial charge in [0.05, 0.1) is 6.10 Å². The van der Waals surface area contributed by atoms with E-state index in [0.29, 0.717) is 6.04 Å². The largest absolute Gasteiger partial charge is 0.409 e. The van der Waals surface area contributed by atoms with Gasteiger partial charge in [0.2, 0.25) is 0 Å². The first-order valence-electron chi connectivity index (χ1n) is 5.80. The maximum Gasteiger partial charge on any atom is 0.144 e. The van der Waals surface area contributed by atoms with E-state index in [2.05, 4.69) is 17.4 Å². The first-order chi connectivity index (χ1) is 7.47. The Balaban J connectivity index is 2.29. The fourth-order valence-corrected chi connectivity index (χ4v) is 1.83. The van der Waals surface area contributed by atoms with Gasteiger partial charge in [-0.05, 0) is 26.3 Å². The molecule has 0 aromatic rings. The van der Waals surface area contributed by atoms with Gasteiger partial charge in [0, 0.05) is 18.1 Å². The van der Waals surface area contributed by atoms with Gasteiger partial charge in [0.1, 0.15) is 5.84 Å². The molecule has 5 nitrogen and oxygen atoms in total. The Bertz CT molecular complexity index is 254. The van der Waals surface area contributed by atoms with Crippen LogP contribution in [0.15, 0.2) is 5.16 Å². The molecule has 2 unspecified atom stereocenters. The standard InChI is InChI=1S/C11H23N3O2/c1-8-9(4-7-16-8)13-6-5-11(2,3)10(12)14-15/h8-9,13,15H,4-7H2,1-3H3,(H2,12,14). The van der Waals surface area contributed by atoms with E-state index in [4.69, 9.17) is 15.7 Å². The third-order valence-electron chi connectivity index (χ3n) is 3.33. The van der Waals surface area contributed by atoms with Crippen molar-refractivity contribution < 1.29 is 9.94 Å². The van der Waals surface area contributed by atoms with E-state index in [1.54, 1.807) is 0 Å². The zero-order chi connectivity index (χ0) is 12.2. The first-order valence-corrected chi connectivity index (χ1v) is 5.80. The molecule has 0 aliphatic carbocycles. The van der Waals surface area contributed by atoms with Gasteiger partial charge in [-0.25, -0.2) is 0 Å². The van der Waals surface area contributed by atoms with Crippen LogP contribution in [0.4, 0.5) is 0 Å². The summed E-state index contributed by atoms with van der Waals surface area (Å²) in [4.78, 5) is 0. The highest BCUT2D eigenvalue weighted by atomic mass is 16.5. The van der Waals surface area contributed by atoms with Gasteiger partial charge in [-0.1, -0.05) is 19.0 Å². The summed E-state index contributed by atoms with van der Waals surface area (Å²) >= 11 is 0. The molecule has 0 aromatic heterocycles. The van der Waals surface area contributed by atoms with Crippen LogP contribution in [0.3, 0.4) is 0 Å². The Morgan fingerprint density at radius 2 is 2.31 bits per heavy atom. The van der Waals surface area contributed by atoms with E-state index in [1.807, 2.05) is 13.8 Å². The molecule has 1 fully saturated rings. The molecule has 16 heavy (non-hydrogen) atoms. The van der Waals surface area contributed by atoms with Crippen LogP contribution in [0, 0.1) is 5.41 Å². The van der Waals surface area contributed by atoms with Crippen molar-refractivity contribution in [1.82, 2.24) is 5.32 Å². The third kappa shape index (κ3) is 3.35. The summed E-state index contributed by atoms with van der Waals surface area (Å²) in [6, 6.07) is 0.433. The van der Waals surface area contributed by atoms with Gasteiger partial charge in [-0.3, -0.25) is 0 Å². The van der Waals surface area contributed by atoms with E-state index in [-0.39, 0.29) is 17.4 Å². The second-order valence-corrected chi connectivity index (χ2v) is 5.04. The number of nitrogens with zero attached hydrogens (tertiary/aromatic N) is 1. The molecule has 1 aliphatic heterocycles. The van der Waals surface area contributed by atoms with Crippen LogP contribution in [0.25, 0.3) is 0 Å². The third-order valence-corrected chi connectivity index (χ3v) is 3.33. The lowest BCUT2D eigenvalue weighted by molar-refractivity contribution is 0.113. The summed E-state index contributed by atoms with van der Waals surface area (Å²) in [6.45, 7) is 7.71. The van der Waals surface area contributed by atoms with Crippen LogP contribution in [0.5, 0.6) is 0 Å². The SMILES string of the molecule is CC1OCCC1NCCC(C)(C)C(N)=NO. The summed E-state index contributed by atoms with van der Waals surface area (Å²) in [7, 11) is 0. The van der Waals surface area contributed by atoms with Crippen molar-refractivity contribution in [2.45, 2.75) is 45.8 Å². The minimum Gasteiger partial charge on any atom is -0.409 e. The Kier molecular flexibility index (Phi) is 4.56. The van der Waals surface area contributed by atoms with Crippen molar-refractivity contribution in [2.75, 3.05) is 13.2 Å². The molecule has 1 saturated heterocycles. The smallest absolute Gasteiger partial charge is 0.144 e. The quantitative estimate of drug-likeness (QED) is 0.283. The van der Waals surface area contributed by atoms with Crippen LogP contribution in [0.2, 0.25) is 0 Å². The second-order valence-electron chi connectivity index (χ2n) is 5.04. The highest BCUT2D eigenvalue weighted by molar-refractivity contribution is 5.85. The summed E-state index contributed by atoms with van der Waals surface area (Å²) in [5, 5.41) is 15.2. The lowest BCUT2D eigenvalue weighted by atomic mass is 9.88. The Labute approximate surface area is 97.0 Å². The van der Waals surface area contributed by atoms with Crippen molar-refractivity contribution >= 4 is 5.84 Å². The van der Waals surface area contributed by atoms with Crippen LogP contribution >= 0.6 is 0 Å². The van der Waals surface area contributed by atoms with Gasteiger partial charge in [-0.2, -0.15) is 0 Å². The number of oxime groups is 1. The molecular formula is C11H23N3O2. The average Bonchev–Trinajstić information content (AvgIpc) is 2.63. The predicted octanol–water partition coefficient (Wildman–Crippen LogP) is 0.916. The zero-order valence-electron chi connectivity index (χ0n) is 10.4. The van der Waals surface area contributed by atoms with Crippen molar-refractivity contribution in [1.29, 1.82) is 0 Å². The fraction of sp³-hybridized carbons (Fsp3) is 0.909. The summed E-state index contributed by atoms with van der Waals surface area (Å²) in [6.07, 6.45) is 2.18. The van der Waals surface area contributed by atoms with Gasteiger partial charge in [0.15, 0.2) is 0 Å². The maximum atomic E-state index is 8.65. The van der Waals surface area contributed by atoms with Crippen molar-refractivity contribution in [3.63, 3.8) is 0 Å². The van der Waals surface area contributed by atoms with Crippen LogP contribution in [-0.4, -0.2) is 36.3 Å². The number of ether oxygens (including phenoxy) is 1. The number of rotatable bonds is 5. The lowest BCUT2D eigenvalue weighted by Gasteiger charge is -2.24. The molecular weight excluding hydrogens is 206 g/mol. The van der Waals surface area contributed by atoms with E-state index < -0.39 is 0 Å². The van der Waals surface area contributed by atoms with E-state index in [1.165, 1.54) is 0 Å². The van der Waals surface area contributed by atoms with Crippen LogP contribution in [-0.2, 0) is 4.74 Å². The molecule has 1 heterocycles. The number of amidine groups is 1. The maximum absolute atomic E-state index is 8.65. The molecule has 5 heteroatoms. The molecule has 0 radical (unpaired) electrons. The highest BCUT2D eigenvalue weighted by Gasteiger charge is 2.26. The highest BCUT2D eigenvalue weighted by Crippen LogP contribution is 2.20. The normalized spacial score (nSPS) is 27.3. The molecule has 0 saturated carbocycles. The van der Waals surface area contributed by atoms with Crippen molar-refractivity contribution in [3.05, 3.63) is 0 Å². The van der Waals surface area contributed by atoms with E-state index in [0.717, 1.165) is 26.0 Å². The minimum absolute atomic E-state index is 0.273. The molecule has 0 spiro atoms. The topological polar surface area (TPSA) is 79.9 Å². The van der Waals surface area contributed by atoms with Crippen LogP contribution < -0.4 is 11.1 Å². The molecule has 0 amide bonds. The molecule has 2 atom stereocenters. The molecule has 0 aromatic carbocycles. The summed E-state index contributed by atoms with van der Waals surface area (Å²) in [5.74, 6) is 0.282. The van der Waals surface area contributed by atoms with Crippen molar-refractivity contribution in [3.8, 4) is 0 Å². The molecule has 1 rings (SSSR count). The molecule has 94 valence electrons. The Morgan fingerprint density at radius 3 is 2.81 bits per heavy atom. The fourth-order valence-electron chi connectivity index (χ4n) is 1.83. The Hall–Kier alpha value is -0.810. The first kappa shape index (κ1) is 13.3. The molecule has 1 aliphatic rings. The van der Waals surface area contributed by atoms with Crippen LogP contribution in [0.1, 0.15) is 33.6 Å². The number of hydrogen-bond acceptors (Lipinski definition) is 4. The van der Waals surface area contributed by atoms with Crippen molar-refractivity contribution in [2.24, 2.45) is 16.3 Å². The Morgan fingerprint density at radius 1 is 1.62 bits per heavy atom. The predicted molar refractivity (Wildman–Crippen MR) is 63.6 cm³/mol. The van der Waals surface area contributed by atoms with Gasteiger partial charge in [-0.15, -0.1) is 0 Å². The number of nitrogens with one attached hydrogen (secondary N) is 1. The summed E-state index contributed by atoms with van der Waals surface area (Å²) < 4.78 is 5.47. The minimum atomic E-state index is -0.273. The molecule has 0 bridgehead atoms. The average molecular weight is 229 g/mol. The second kappa shape index (κ2) is 5.50. The zero-order valence-corrected chi connectivity index (χ0v) is 10.4. The molecule has 4 N–H and O–H groups in total.